The van der Waals surface area contributed by atoms with Crippen LogP contribution in [0.4, 0.5) is 5.69 Å². The molecule has 1 amide bonds. The highest BCUT2D eigenvalue weighted by atomic mass is 16.5. The smallest absolute Gasteiger partial charge is 0.338 e. The van der Waals surface area contributed by atoms with Crippen LogP contribution in [0, 0.1) is 5.92 Å². The Morgan fingerprint density at radius 3 is 2.48 bits per heavy atom. The quantitative estimate of drug-likeness (QED) is 0.575. The molecule has 0 aromatic heterocycles. The van der Waals surface area contributed by atoms with Crippen molar-refractivity contribution in [2.75, 3.05) is 24.7 Å². The number of carbonyl (C=O) groups excluding carboxylic acids is 2. The first kappa shape index (κ1) is 17.0. The zero-order valence-electron chi connectivity index (χ0n) is 12.6. The summed E-state index contributed by atoms with van der Waals surface area (Å²) in [4.78, 5) is 36.0. The summed E-state index contributed by atoms with van der Waals surface area (Å²) in [5.74, 6) is -2.38. The number of aliphatic hydroxyl groups excluding tert-OH is 1. The van der Waals surface area contributed by atoms with Gasteiger partial charge in [-0.25, -0.2) is 4.79 Å². The van der Waals surface area contributed by atoms with E-state index in [2.05, 4.69) is 0 Å². The summed E-state index contributed by atoms with van der Waals surface area (Å²) in [6.45, 7) is 0.443. The van der Waals surface area contributed by atoms with E-state index < -0.39 is 17.9 Å². The van der Waals surface area contributed by atoms with E-state index in [1.165, 1.54) is 4.90 Å². The summed E-state index contributed by atoms with van der Waals surface area (Å²) in [5.41, 5.74) is 0.926. The summed E-state index contributed by atoms with van der Waals surface area (Å²) < 4.78 is 5.06. The Morgan fingerprint density at radius 1 is 1.22 bits per heavy atom. The van der Waals surface area contributed by atoms with E-state index >= 15 is 0 Å². The molecule has 2 rings (SSSR count). The van der Waals surface area contributed by atoms with E-state index in [0.717, 1.165) is 0 Å². The number of amides is 1. The molecule has 1 aliphatic heterocycles. The molecule has 124 valence electrons. The number of benzene rings is 1. The first-order valence-corrected chi connectivity index (χ1v) is 7.44. The van der Waals surface area contributed by atoms with Crippen molar-refractivity contribution in [3.63, 3.8) is 0 Å². The van der Waals surface area contributed by atoms with Crippen molar-refractivity contribution in [2.24, 2.45) is 5.92 Å². The minimum absolute atomic E-state index is 0.00994. The standard InChI is InChI=1S/C16H19NO6/c18-7-1-2-8-23-16(22)11-3-5-13(6-4-11)17-10-12(15(20)21)9-14(17)19/h3-6,12,18H,1-2,7-10H2,(H,20,21). The molecule has 7 heteroatoms. The fourth-order valence-corrected chi connectivity index (χ4v) is 2.36. The van der Waals surface area contributed by atoms with E-state index in [1.807, 2.05) is 0 Å². The summed E-state index contributed by atoms with van der Waals surface area (Å²) in [5, 5.41) is 17.6. The lowest BCUT2D eigenvalue weighted by molar-refractivity contribution is -0.141. The first-order chi connectivity index (χ1) is 11.0. The maximum Gasteiger partial charge on any atom is 0.338 e. The van der Waals surface area contributed by atoms with Gasteiger partial charge < -0.3 is 19.8 Å². The summed E-state index contributed by atoms with van der Waals surface area (Å²) in [7, 11) is 0. The third-order valence-corrected chi connectivity index (χ3v) is 3.67. The predicted octanol–water partition coefficient (Wildman–Crippen LogP) is 1.05. The highest BCUT2D eigenvalue weighted by molar-refractivity contribution is 5.99. The molecule has 1 aliphatic rings. The van der Waals surface area contributed by atoms with Gasteiger partial charge in [-0.15, -0.1) is 0 Å². The second-order valence-corrected chi connectivity index (χ2v) is 5.36. The molecular weight excluding hydrogens is 302 g/mol. The molecule has 1 fully saturated rings. The van der Waals surface area contributed by atoms with Gasteiger partial charge in [0.15, 0.2) is 0 Å². The predicted molar refractivity (Wildman–Crippen MR) is 81.1 cm³/mol. The van der Waals surface area contributed by atoms with Gasteiger partial charge >= 0.3 is 11.9 Å². The van der Waals surface area contributed by atoms with Crippen molar-refractivity contribution in [3.05, 3.63) is 29.8 Å². The minimum Gasteiger partial charge on any atom is -0.481 e. The topological polar surface area (TPSA) is 104 Å². The molecule has 0 radical (unpaired) electrons. The number of anilines is 1. The largest absolute Gasteiger partial charge is 0.481 e. The number of hydrogen-bond donors (Lipinski definition) is 2. The molecule has 0 bridgehead atoms. The van der Waals surface area contributed by atoms with E-state index in [1.54, 1.807) is 24.3 Å². The molecule has 1 heterocycles. The van der Waals surface area contributed by atoms with Gasteiger partial charge in [-0.2, -0.15) is 0 Å². The fourth-order valence-electron chi connectivity index (χ4n) is 2.36. The van der Waals surface area contributed by atoms with Crippen LogP contribution in [-0.2, 0) is 14.3 Å². The Balaban J connectivity index is 1.95. The number of nitrogens with zero attached hydrogens (tertiary/aromatic N) is 1. The maximum absolute atomic E-state index is 11.9. The monoisotopic (exact) mass is 321 g/mol. The van der Waals surface area contributed by atoms with E-state index in [4.69, 9.17) is 14.9 Å². The first-order valence-electron chi connectivity index (χ1n) is 7.44. The number of aliphatic carboxylic acids is 1. The van der Waals surface area contributed by atoms with Gasteiger partial charge in [-0.3, -0.25) is 9.59 Å². The number of rotatable bonds is 7. The molecule has 1 aromatic carbocycles. The van der Waals surface area contributed by atoms with Crippen LogP contribution in [0.15, 0.2) is 24.3 Å². The lowest BCUT2D eigenvalue weighted by Crippen LogP contribution is -2.25. The molecule has 2 N–H and O–H groups in total. The van der Waals surface area contributed by atoms with Gasteiger partial charge in [0.1, 0.15) is 0 Å². The highest BCUT2D eigenvalue weighted by Crippen LogP contribution is 2.25. The number of esters is 1. The van der Waals surface area contributed by atoms with Crippen LogP contribution >= 0.6 is 0 Å². The van der Waals surface area contributed by atoms with Crippen LogP contribution in [0.2, 0.25) is 0 Å². The lowest BCUT2D eigenvalue weighted by Gasteiger charge is -2.16. The van der Waals surface area contributed by atoms with Crippen LogP contribution in [0.1, 0.15) is 29.6 Å². The number of carboxylic acid groups (broad SMARTS) is 1. The third-order valence-electron chi connectivity index (χ3n) is 3.67. The number of aliphatic hydroxyl groups is 1. The minimum atomic E-state index is -0.982. The van der Waals surface area contributed by atoms with Crippen LogP contribution in [0.3, 0.4) is 0 Å². The van der Waals surface area contributed by atoms with Crippen molar-refractivity contribution in [3.8, 4) is 0 Å². The average molecular weight is 321 g/mol. The maximum atomic E-state index is 11.9. The summed E-state index contributed by atoms with van der Waals surface area (Å²) >= 11 is 0. The highest BCUT2D eigenvalue weighted by Gasteiger charge is 2.35. The molecule has 23 heavy (non-hydrogen) atoms. The number of carbonyl (C=O) groups is 3. The van der Waals surface area contributed by atoms with Gasteiger partial charge in [-0.05, 0) is 37.1 Å². The molecule has 7 nitrogen and oxygen atoms in total. The molecular formula is C16H19NO6. The van der Waals surface area contributed by atoms with E-state index in [9.17, 15) is 14.4 Å². The van der Waals surface area contributed by atoms with Crippen LogP contribution in [0.5, 0.6) is 0 Å². The Bertz CT molecular complexity index is 583. The zero-order chi connectivity index (χ0) is 16.8. The molecule has 0 spiro atoms. The van der Waals surface area contributed by atoms with Crippen LogP contribution < -0.4 is 4.90 Å². The van der Waals surface area contributed by atoms with Crippen LogP contribution in [-0.4, -0.2) is 47.8 Å². The summed E-state index contributed by atoms with van der Waals surface area (Å²) in [6.07, 6.45) is 1.16. The molecule has 1 unspecified atom stereocenters. The van der Waals surface area contributed by atoms with Crippen molar-refractivity contribution >= 4 is 23.5 Å². The molecule has 1 atom stereocenters. The lowest BCUT2D eigenvalue weighted by atomic mass is 10.1. The number of hydrogen-bond acceptors (Lipinski definition) is 5. The Labute approximate surface area is 133 Å². The zero-order valence-corrected chi connectivity index (χ0v) is 12.6. The van der Waals surface area contributed by atoms with E-state index in [-0.39, 0.29) is 32.1 Å². The SMILES string of the molecule is O=C(OCCCCO)c1ccc(N2CC(C(=O)O)CC2=O)cc1. The Morgan fingerprint density at radius 2 is 1.91 bits per heavy atom. The molecule has 0 aliphatic carbocycles. The third kappa shape index (κ3) is 4.29. The number of carboxylic acids is 1. The Kier molecular flexibility index (Phi) is 5.70. The second-order valence-electron chi connectivity index (χ2n) is 5.36. The Hall–Kier alpha value is -2.41. The van der Waals surface area contributed by atoms with Crippen molar-refractivity contribution in [1.82, 2.24) is 0 Å². The normalized spacial score (nSPS) is 17.3. The van der Waals surface area contributed by atoms with Crippen molar-refractivity contribution in [2.45, 2.75) is 19.3 Å². The number of ether oxygens (including phenoxy) is 1. The van der Waals surface area contributed by atoms with Gasteiger partial charge in [-0.1, -0.05) is 0 Å². The van der Waals surface area contributed by atoms with Crippen molar-refractivity contribution < 1.29 is 29.3 Å². The number of unbranched alkanes of at least 4 members (excludes halogenated alkanes) is 1. The fraction of sp³-hybridized carbons (Fsp3) is 0.438. The molecule has 0 saturated carbocycles. The molecule has 1 saturated heterocycles. The second kappa shape index (κ2) is 7.73. The average Bonchev–Trinajstić information content (AvgIpc) is 2.94. The van der Waals surface area contributed by atoms with Gasteiger partial charge in [0.2, 0.25) is 5.91 Å². The summed E-state index contributed by atoms with van der Waals surface area (Å²) in [6, 6.07) is 6.30. The van der Waals surface area contributed by atoms with Crippen molar-refractivity contribution in [1.29, 1.82) is 0 Å². The van der Waals surface area contributed by atoms with Crippen LogP contribution in [0.25, 0.3) is 0 Å². The van der Waals surface area contributed by atoms with Gasteiger partial charge in [0.05, 0.1) is 18.1 Å². The molecule has 1 aromatic rings. The van der Waals surface area contributed by atoms with Gasteiger partial charge in [0.25, 0.3) is 0 Å². The van der Waals surface area contributed by atoms with E-state index in [0.29, 0.717) is 24.1 Å². The van der Waals surface area contributed by atoms with Gasteiger partial charge in [0, 0.05) is 25.3 Å².